The number of amides is 2. The highest BCUT2D eigenvalue weighted by molar-refractivity contribution is 14.1. The normalized spacial score (nSPS) is 15.0. The number of carbonyl (C=O) groups excluding carboxylic acids is 2. The molecule has 4 rings (SSSR count). The molecule has 4 nitrogen and oxygen atoms in total. The maximum Gasteiger partial charge on any atom is 0.293 e. The van der Waals surface area contributed by atoms with E-state index in [0.29, 0.717) is 16.2 Å². The number of hydrogen-bond acceptors (Lipinski definition) is 4. The van der Waals surface area contributed by atoms with Crippen molar-refractivity contribution >= 4 is 51.6 Å². The molecule has 3 aromatic carbocycles. The molecule has 0 atom stereocenters. The highest BCUT2D eigenvalue weighted by Crippen LogP contribution is 2.33. The molecule has 1 aliphatic rings. The molecule has 1 saturated heterocycles. The van der Waals surface area contributed by atoms with E-state index in [4.69, 9.17) is 4.74 Å². The van der Waals surface area contributed by atoms with Crippen LogP contribution in [0.2, 0.25) is 0 Å². The Labute approximate surface area is 197 Å². The van der Waals surface area contributed by atoms with Crippen LogP contribution >= 0.6 is 34.4 Å². The molecule has 156 valence electrons. The van der Waals surface area contributed by atoms with Gasteiger partial charge in [-0.25, -0.2) is 4.39 Å². The third-order valence-electron chi connectivity index (χ3n) is 4.64. The van der Waals surface area contributed by atoms with Gasteiger partial charge < -0.3 is 4.74 Å². The zero-order valence-electron chi connectivity index (χ0n) is 16.3. The number of rotatable bonds is 6. The van der Waals surface area contributed by atoms with Gasteiger partial charge in [-0.15, -0.1) is 0 Å². The molecule has 1 heterocycles. The molecule has 1 fully saturated rings. The summed E-state index contributed by atoms with van der Waals surface area (Å²) < 4.78 is 20.6. The molecule has 31 heavy (non-hydrogen) atoms. The fraction of sp³-hybridized carbons (Fsp3) is 0.0833. The number of imide groups is 1. The minimum Gasteiger partial charge on any atom is -0.489 e. The van der Waals surface area contributed by atoms with Crippen LogP contribution in [-0.4, -0.2) is 16.0 Å². The molecule has 1 aliphatic heterocycles. The summed E-state index contributed by atoms with van der Waals surface area (Å²) >= 11 is 3.13. The Balaban J connectivity index is 1.46. The fourth-order valence-electron chi connectivity index (χ4n) is 3.03. The van der Waals surface area contributed by atoms with Crippen LogP contribution in [0.3, 0.4) is 0 Å². The van der Waals surface area contributed by atoms with E-state index in [2.05, 4.69) is 22.6 Å². The second-order valence-corrected chi connectivity index (χ2v) is 9.09. The van der Waals surface area contributed by atoms with Gasteiger partial charge >= 0.3 is 0 Å². The number of nitrogens with zero attached hydrogens (tertiary/aromatic N) is 1. The smallest absolute Gasteiger partial charge is 0.293 e. The average Bonchev–Trinajstić information content (AvgIpc) is 3.02. The fourth-order valence-corrected chi connectivity index (χ4v) is 4.23. The average molecular weight is 545 g/mol. The van der Waals surface area contributed by atoms with Gasteiger partial charge in [-0.3, -0.25) is 14.5 Å². The predicted molar refractivity (Wildman–Crippen MR) is 128 cm³/mol. The summed E-state index contributed by atoms with van der Waals surface area (Å²) in [7, 11) is 0. The van der Waals surface area contributed by atoms with Crippen molar-refractivity contribution in [1.82, 2.24) is 4.90 Å². The first-order chi connectivity index (χ1) is 15.0. The quantitative estimate of drug-likeness (QED) is 0.272. The molecular weight excluding hydrogens is 528 g/mol. The van der Waals surface area contributed by atoms with E-state index >= 15 is 0 Å². The molecule has 0 bridgehead atoms. The SMILES string of the molecule is O=C1S/C(=C\c2cccc(OCc3ccccc3F)c2)C(=O)N1Cc1ccc(I)cc1. The molecule has 0 saturated carbocycles. The minimum atomic E-state index is -0.319. The molecule has 0 radical (unpaired) electrons. The van der Waals surface area contributed by atoms with E-state index in [-0.39, 0.29) is 30.1 Å². The molecule has 0 aromatic heterocycles. The first kappa shape index (κ1) is 21.6. The van der Waals surface area contributed by atoms with Gasteiger partial charge in [0.2, 0.25) is 0 Å². The van der Waals surface area contributed by atoms with Gasteiger partial charge in [0, 0.05) is 9.13 Å². The molecule has 7 heteroatoms. The summed E-state index contributed by atoms with van der Waals surface area (Å²) in [6.45, 7) is 0.341. The van der Waals surface area contributed by atoms with E-state index in [0.717, 1.165) is 26.5 Å². The second-order valence-electron chi connectivity index (χ2n) is 6.85. The number of benzene rings is 3. The predicted octanol–water partition coefficient (Wildman–Crippen LogP) is 6.25. The molecule has 0 spiro atoms. The molecule has 0 aliphatic carbocycles. The molecule has 0 N–H and O–H groups in total. The van der Waals surface area contributed by atoms with Gasteiger partial charge in [-0.2, -0.15) is 0 Å². The Hall–Kier alpha value is -2.65. The summed E-state index contributed by atoms with van der Waals surface area (Å²) in [5.74, 6) is -0.0817. The van der Waals surface area contributed by atoms with Gasteiger partial charge in [-0.1, -0.05) is 42.5 Å². The number of thioether (sulfide) groups is 1. The van der Waals surface area contributed by atoms with Gasteiger partial charge in [0.05, 0.1) is 11.4 Å². The van der Waals surface area contributed by atoms with Crippen LogP contribution in [0.25, 0.3) is 6.08 Å². The Morgan fingerprint density at radius 2 is 1.77 bits per heavy atom. The Morgan fingerprint density at radius 3 is 2.55 bits per heavy atom. The third kappa shape index (κ3) is 5.34. The number of carbonyl (C=O) groups is 2. The Morgan fingerprint density at radius 1 is 1.00 bits per heavy atom. The molecule has 2 amide bonds. The van der Waals surface area contributed by atoms with Gasteiger partial charge in [0.1, 0.15) is 18.2 Å². The van der Waals surface area contributed by atoms with Crippen LogP contribution in [0.5, 0.6) is 5.75 Å². The summed E-state index contributed by atoms with van der Waals surface area (Å²) in [5.41, 5.74) is 2.09. The van der Waals surface area contributed by atoms with Gasteiger partial charge in [0.15, 0.2) is 0 Å². The standard InChI is InChI=1S/C24H17FINO3S/c25-21-7-2-1-5-18(21)15-30-20-6-3-4-17(12-20)13-22-23(28)27(24(29)31-22)14-16-8-10-19(26)11-9-16/h1-13H,14-15H2/b22-13-. The number of hydrogen-bond donors (Lipinski definition) is 0. The van der Waals surface area contributed by atoms with E-state index in [9.17, 15) is 14.0 Å². The van der Waals surface area contributed by atoms with Crippen molar-refractivity contribution < 1.29 is 18.7 Å². The van der Waals surface area contributed by atoms with Crippen LogP contribution in [0.1, 0.15) is 16.7 Å². The van der Waals surface area contributed by atoms with Crippen molar-refractivity contribution in [2.75, 3.05) is 0 Å². The maximum absolute atomic E-state index is 13.8. The Bertz CT molecular complexity index is 1160. The van der Waals surface area contributed by atoms with E-state index < -0.39 is 0 Å². The molecule has 0 unspecified atom stereocenters. The highest BCUT2D eigenvalue weighted by Gasteiger charge is 2.34. The highest BCUT2D eigenvalue weighted by atomic mass is 127. The van der Waals surface area contributed by atoms with Crippen molar-refractivity contribution in [1.29, 1.82) is 0 Å². The first-order valence-electron chi connectivity index (χ1n) is 9.46. The van der Waals surface area contributed by atoms with Crippen LogP contribution in [0, 0.1) is 9.39 Å². The van der Waals surface area contributed by atoms with Gasteiger partial charge in [-0.05, 0) is 81.9 Å². The third-order valence-corrected chi connectivity index (χ3v) is 6.26. The van der Waals surface area contributed by atoms with Crippen LogP contribution < -0.4 is 4.74 Å². The van der Waals surface area contributed by atoms with Gasteiger partial charge in [0.25, 0.3) is 11.1 Å². The summed E-state index contributed by atoms with van der Waals surface area (Å²) in [6.07, 6.45) is 1.68. The van der Waals surface area contributed by atoms with Crippen LogP contribution in [0.15, 0.2) is 77.7 Å². The lowest BCUT2D eigenvalue weighted by Gasteiger charge is -2.12. The summed E-state index contributed by atoms with van der Waals surface area (Å²) in [4.78, 5) is 26.8. The molecular formula is C24H17FINO3S. The zero-order chi connectivity index (χ0) is 21.8. The minimum absolute atomic E-state index is 0.0999. The summed E-state index contributed by atoms with van der Waals surface area (Å²) in [6, 6.07) is 21.3. The zero-order valence-corrected chi connectivity index (χ0v) is 19.2. The van der Waals surface area contributed by atoms with Crippen molar-refractivity contribution in [2.24, 2.45) is 0 Å². The second kappa shape index (κ2) is 9.65. The van der Waals surface area contributed by atoms with Crippen molar-refractivity contribution in [3.05, 3.63) is 104 Å². The van der Waals surface area contributed by atoms with Crippen LogP contribution in [0.4, 0.5) is 9.18 Å². The maximum atomic E-state index is 13.8. The van der Waals surface area contributed by atoms with Crippen molar-refractivity contribution in [3.8, 4) is 5.75 Å². The molecule has 3 aromatic rings. The topological polar surface area (TPSA) is 46.6 Å². The van der Waals surface area contributed by atoms with Crippen molar-refractivity contribution in [3.63, 3.8) is 0 Å². The lowest BCUT2D eigenvalue weighted by atomic mass is 10.2. The monoisotopic (exact) mass is 545 g/mol. The van der Waals surface area contributed by atoms with E-state index in [1.807, 2.05) is 30.3 Å². The lowest BCUT2D eigenvalue weighted by molar-refractivity contribution is -0.123. The summed E-state index contributed by atoms with van der Waals surface area (Å²) in [5, 5.41) is -0.290. The van der Waals surface area contributed by atoms with Crippen LogP contribution in [-0.2, 0) is 17.9 Å². The Kier molecular flexibility index (Phi) is 6.72. The number of ether oxygens (including phenoxy) is 1. The van der Waals surface area contributed by atoms with Crippen molar-refractivity contribution in [2.45, 2.75) is 13.2 Å². The van der Waals surface area contributed by atoms with E-state index in [1.54, 1.807) is 42.5 Å². The first-order valence-corrected chi connectivity index (χ1v) is 11.4. The number of halogens is 2. The van der Waals surface area contributed by atoms with E-state index in [1.165, 1.54) is 11.0 Å². The lowest BCUT2D eigenvalue weighted by Crippen LogP contribution is -2.27. The largest absolute Gasteiger partial charge is 0.489 e.